The first-order chi connectivity index (χ1) is 11.6. The minimum Gasteiger partial charge on any atom is -0.507 e. The van der Waals surface area contributed by atoms with Crippen molar-refractivity contribution in [2.24, 2.45) is 0 Å². The molecule has 1 aromatic heterocycles. The Bertz CT molecular complexity index is 1020. The van der Waals surface area contributed by atoms with Crippen LogP contribution in [0.3, 0.4) is 0 Å². The molecule has 2 N–H and O–H groups in total. The van der Waals surface area contributed by atoms with Crippen molar-refractivity contribution >= 4 is 11.0 Å². The van der Waals surface area contributed by atoms with E-state index >= 15 is 0 Å². The molecule has 122 valence electrons. The largest absolute Gasteiger partial charge is 0.507 e. The van der Waals surface area contributed by atoms with Gasteiger partial charge in [0.1, 0.15) is 28.7 Å². The van der Waals surface area contributed by atoms with E-state index in [1.54, 1.807) is 6.07 Å². The molecule has 0 aliphatic carbocycles. The molecule has 0 unspecified atom stereocenters. The Morgan fingerprint density at radius 2 is 1.96 bits per heavy atom. The average molecular weight is 328 g/mol. The lowest BCUT2D eigenvalue weighted by molar-refractivity contribution is 0.171. The molecule has 0 amide bonds. The minimum absolute atomic E-state index is 0.0426. The summed E-state index contributed by atoms with van der Waals surface area (Å²) in [4.78, 5) is 12.8. The van der Waals surface area contributed by atoms with Crippen molar-refractivity contribution in [1.29, 1.82) is 0 Å². The molecule has 0 fully saturated rings. The molecule has 1 aliphatic rings. The van der Waals surface area contributed by atoms with Gasteiger partial charge in [0.05, 0.1) is 12.7 Å². The van der Waals surface area contributed by atoms with Gasteiger partial charge in [-0.2, -0.15) is 0 Å². The molecular formula is C17H12O7. The molecule has 0 saturated carbocycles. The predicted octanol–water partition coefficient (Wildman–Crippen LogP) is 2.61. The Morgan fingerprint density at radius 3 is 2.75 bits per heavy atom. The molecule has 0 atom stereocenters. The molecule has 7 nitrogen and oxygen atoms in total. The van der Waals surface area contributed by atoms with Crippen LogP contribution in [0, 0.1) is 0 Å². The summed E-state index contributed by atoms with van der Waals surface area (Å²) >= 11 is 0. The Labute approximate surface area is 135 Å². The fourth-order valence-corrected chi connectivity index (χ4v) is 2.67. The number of aromatic hydroxyl groups is 2. The third-order valence-corrected chi connectivity index (χ3v) is 3.87. The van der Waals surface area contributed by atoms with Gasteiger partial charge in [0.25, 0.3) is 0 Å². The SMILES string of the molecule is COc1ccc(O)c(-c2coc3cc4c(c(O)c3c2=O)OCO4)c1. The summed E-state index contributed by atoms with van der Waals surface area (Å²) in [6.45, 7) is -0.0447. The number of hydrogen-bond acceptors (Lipinski definition) is 7. The minimum atomic E-state index is -0.504. The van der Waals surface area contributed by atoms with Gasteiger partial charge in [0.2, 0.25) is 18.0 Å². The maximum Gasteiger partial charge on any atom is 0.231 e. The van der Waals surface area contributed by atoms with Gasteiger partial charge in [-0.25, -0.2) is 0 Å². The highest BCUT2D eigenvalue weighted by Crippen LogP contribution is 2.45. The topological polar surface area (TPSA) is 98.4 Å². The van der Waals surface area contributed by atoms with Crippen molar-refractivity contribution in [3.8, 4) is 39.9 Å². The van der Waals surface area contributed by atoms with Crippen molar-refractivity contribution < 1.29 is 28.8 Å². The number of benzene rings is 2. The molecule has 24 heavy (non-hydrogen) atoms. The van der Waals surface area contributed by atoms with E-state index in [0.717, 1.165) is 0 Å². The van der Waals surface area contributed by atoms with Crippen molar-refractivity contribution in [3.63, 3.8) is 0 Å². The number of fused-ring (bicyclic) bond motifs is 2. The van der Waals surface area contributed by atoms with E-state index in [1.807, 2.05) is 0 Å². The Morgan fingerprint density at radius 1 is 1.12 bits per heavy atom. The molecule has 1 aliphatic heterocycles. The van der Waals surface area contributed by atoms with Crippen LogP contribution in [-0.4, -0.2) is 24.1 Å². The summed E-state index contributed by atoms with van der Waals surface area (Å²) in [7, 11) is 1.48. The second-order valence-electron chi connectivity index (χ2n) is 5.19. The molecule has 0 spiro atoms. The van der Waals surface area contributed by atoms with E-state index < -0.39 is 5.43 Å². The van der Waals surface area contributed by atoms with Crippen LogP contribution in [0.15, 0.2) is 39.7 Å². The van der Waals surface area contributed by atoms with E-state index in [0.29, 0.717) is 11.5 Å². The van der Waals surface area contributed by atoms with Crippen LogP contribution < -0.4 is 19.6 Å². The number of phenolic OH excluding ortho intramolecular Hbond substituents is 2. The second-order valence-corrected chi connectivity index (χ2v) is 5.19. The third kappa shape index (κ3) is 1.95. The first-order valence-electron chi connectivity index (χ1n) is 7.04. The van der Waals surface area contributed by atoms with Crippen LogP contribution in [0.25, 0.3) is 22.1 Å². The Hall–Kier alpha value is -3.35. The lowest BCUT2D eigenvalue weighted by atomic mass is 10.0. The van der Waals surface area contributed by atoms with Gasteiger partial charge >= 0.3 is 0 Å². The summed E-state index contributed by atoms with van der Waals surface area (Å²) in [6, 6.07) is 5.97. The molecule has 2 aromatic carbocycles. The van der Waals surface area contributed by atoms with Crippen molar-refractivity contribution in [2.75, 3.05) is 13.9 Å². The van der Waals surface area contributed by atoms with Gasteiger partial charge in [0, 0.05) is 11.6 Å². The zero-order valence-electron chi connectivity index (χ0n) is 12.5. The van der Waals surface area contributed by atoms with Crippen molar-refractivity contribution in [1.82, 2.24) is 0 Å². The molecule has 0 saturated heterocycles. The summed E-state index contributed by atoms with van der Waals surface area (Å²) in [5, 5.41) is 20.4. The first-order valence-corrected chi connectivity index (χ1v) is 7.04. The van der Waals surface area contributed by atoms with Crippen LogP contribution >= 0.6 is 0 Å². The number of ether oxygens (including phenoxy) is 3. The second kappa shape index (κ2) is 5.09. The lowest BCUT2D eigenvalue weighted by Crippen LogP contribution is -2.05. The lowest BCUT2D eigenvalue weighted by Gasteiger charge is -2.09. The van der Waals surface area contributed by atoms with Crippen LogP contribution in [0.2, 0.25) is 0 Å². The monoisotopic (exact) mass is 328 g/mol. The van der Waals surface area contributed by atoms with E-state index in [-0.39, 0.29) is 46.1 Å². The zero-order chi connectivity index (χ0) is 16.8. The number of methoxy groups -OCH3 is 1. The van der Waals surface area contributed by atoms with E-state index in [4.69, 9.17) is 18.6 Å². The van der Waals surface area contributed by atoms with Gasteiger partial charge in [-0.05, 0) is 18.2 Å². The van der Waals surface area contributed by atoms with Gasteiger partial charge < -0.3 is 28.8 Å². The molecule has 0 bridgehead atoms. The maximum absolute atomic E-state index is 12.8. The van der Waals surface area contributed by atoms with Gasteiger partial charge in [0.15, 0.2) is 11.5 Å². The smallest absolute Gasteiger partial charge is 0.231 e. The number of hydrogen-bond donors (Lipinski definition) is 2. The fraction of sp³-hybridized carbons (Fsp3) is 0.118. The zero-order valence-corrected chi connectivity index (χ0v) is 12.5. The maximum atomic E-state index is 12.8. The van der Waals surface area contributed by atoms with Crippen molar-refractivity contribution in [2.45, 2.75) is 0 Å². The highest BCUT2D eigenvalue weighted by molar-refractivity contribution is 5.92. The third-order valence-electron chi connectivity index (χ3n) is 3.87. The van der Waals surface area contributed by atoms with E-state index in [9.17, 15) is 15.0 Å². The van der Waals surface area contributed by atoms with E-state index in [2.05, 4.69) is 0 Å². The standard InChI is InChI=1S/C17H12O7/c1-21-8-2-3-11(18)9(4-8)10-6-22-12-5-13-17(24-7-23-13)16(20)14(12)15(10)19/h2-6,18,20H,7H2,1H3. The normalized spacial score (nSPS) is 12.5. The van der Waals surface area contributed by atoms with Gasteiger partial charge in [-0.3, -0.25) is 4.79 Å². The number of rotatable bonds is 2. The average Bonchev–Trinajstić information content (AvgIpc) is 3.05. The quantitative estimate of drug-likeness (QED) is 0.746. The molecule has 2 heterocycles. The molecule has 7 heteroatoms. The molecule has 4 rings (SSSR count). The van der Waals surface area contributed by atoms with Crippen LogP contribution in [0.4, 0.5) is 0 Å². The Balaban J connectivity index is 2.02. The van der Waals surface area contributed by atoms with E-state index in [1.165, 1.54) is 31.6 Å². The summed E-state index contributed by atoms with van der Waals surface area (Å²) < 4.78 is 20.9. The van der Waals surface area contributed by atoms with Crippen LogP contribution in [0.1, 0.15) is 0 Å². The Kier molecular flexibility index (Phi) is 3.02. The molecule has 3 aromatic rings. The highest BCUT2D eigenvalue weighted by Gasteiger charge is 2.25. The molecule has 0 radical (unpaired) electrons. The molecular weight excluding hydrogens is 316 g/mol. The fourth-order valence-electron chi connectivity index (χ4n) is 2.67. The highest BCUT2D eigenvalue weighted by atomic mass is 16.7. The summed E-state index contributed by atoms with van der Waals surface area (Å²) in [5.74, 6) is 0.416. The summed E-state index contributed by atoms with van der Waals surface area (Å²) in [5.41, 5.74) is -0.0152. The van der Waals surface area contributed by atoms with Crippen LogP contribution in [-0.2, 0) is 0 Å². The van der Waals surface area contributed by atoms with Crippen molar-refractivity contribution in [3.05, 3.63) is 40.8 Å². The summed E-state index contributed by atoms with van der Waals surface area (Å²) in [6.07, 6.45) is 1.22. The van der Waals surface area contributed by atoms with Gasteiger partial charge in [-0.1, -0.05) is 0 Å². The number of phenols is 2. The first kappa shape index (κ1) is 14.3. The van der Waals surface area contributed by atoms with Crippen LogP contribution in [0.5, 0.6) is 28.7 Å². The predicted molar refractivity (Wildman–Crippen MR) is 83.9 cm³/mol. The van der Waals surface area contributed by atoms with Gasteiger partial charge in [-0.15, -0.1) is 0 Å².